The Labute approximate surface area is 199 Å². The fraction of sp³-hybridized carbons (Fsp3) is 0.321. The molecule has 0 saturated carbocycles. The smallest absolute Gasteiger partial charge is 0.243 e. The van der Waals surface area contributed by atoms with Gasteiger partial charge in [0.05, 0.1) is 0 Å². The lowest BCUT2D eigenvalue weighted by atomic mass is 9.77. The number of para-hydroxylation sites is 1. The minimum atomic E-state index is -0.830. The van der Waals surface area contributed by atoms with Gasteiger partial charge in [0, 0.05) is 23.7 Å². The maximum Gasteiger partial charge on any atom is 0.243 e. The molecule has 6 nitrogen and oxygen atoms in total. The molecule has 34 heavy (non-hydrogen) atoms. The monoisotopic (exact) mass is 456 g/mol. The van der Waals surface area contributed by atoms with Crippen molar-refractivity contribution in [1.29, 1.82) is 0 Å². The molecule has 6 rings (SSSR count). The van der Waals surface area contributed by atoms with Crippen molar-refractivity contribution in [3.05, 3.63) is 82.9 Å². The Morgan fingerprint density at radius 2 is 1.76 bits per heavy atom. The molecule has 1 amide bonds. The van der Waals surface area contributed by atoms with Crippen molar-refractivity contribution in [1.82, 2.24) is 5.32 Å². The highest BCUT2D eigenvalue weighted by atomic mass is 16.7. The number of rotatable bonds is 7. The van der Waals surface area contributed by atoms with Gasteiger partial charge in [-0.3, -0.25) is 4.79 Å². The van der Waals surface area contributed by atoms with E-state index >= 15 is 0 Å². The molecule has 2 atom stereocenters. The number of carbonyl (C=O) groups excluding carboxylic acids is 1. The number of amides is 1. The van der Waals surface area contributed by atoms with Crippen LogP contribution >= 0.6 is 0 Å². The number of ether oxygens (including phenoxy) is 3. The molecule has 3 aromatic rings. The van der Waals surface area contributed by atoms with E-state index in [1.165, 1.54) is 11.1 Å². The summed E-state index contributed by atoms with van der Waals surface area (Å²) in [5, 5.41) is 6.51. The molecule has 0 saturated heterocycles. The second-order valence-electron chi connectivity index (χ2n) is 9.28. The van der Waals surface area contributed by atoms with Gasteiger partial charge >= 0.3 is 0 Å². The summed E-state index contributed by atoms with van der Waals surface area (Å²) in [5.74, 6) is 1.99. The molecule has 0 radical (unpaired) electrons. The third-order valence-electron chi connectivity index (χ3n) is 6.99. The van der Waals surface area contributed by atoms with Gasteiger partial charge in [0.2, 0.25) is 12.2 Å². The summed E-state index contributed by atoms with van der Waals surface area (Å²) in [7, 11) is 0. The Morgan fingerprint density at radius 3 is 2.62 bits per heavy atom. The van der Waals surface area contributed by atoms with E-state index in [1.54, 1.807) is 0 Å². The first-order chi connectivity index (χ1) is 16.6. The van der Waals surface area contributed by atoms with Crippen LogP contribution in [-0.4, -0.2) is 31.9 Å². The van der Waals surface area contributed by atoms with E-state index in [1.807, 2.05) is 36.4 Å². The minimum absolute atomic E-state index is 0.0559. The molecule has 3 aromatic carbocycles. The highest BCUT2D eigenvalue weighted by Crippen LogP contribution is 2.53. The fourth-order valence-electron chi connectivity index (χ4n) is 5.10. The predicted octanol–water partition coefficient (Wildman–Crippen LogP) is 4.34. The fourth-order valence-corrected chi connectivity index (χ4v) is 5.10. The molecule has 174 valence electrons. The summed E-state index contributed by atoms with van der Waals surface area (Å²) in [6.07, 6.45) is 2.43. The normalized spacial score (nSPS) is 21.3. The standard InChI is InChI=1S/C28H28N2O4/c1-18-8-10-19(11-9-18)12-14-29-13-4-7-26-33-24-15-21-23(16-25(24)34-26)32-17-28(21)20-5-2-3-6-22(20)30-27(28)31/h2-3,5-6,8-11,15-16,26,29H,4,7,12-14,17H2,1H3,(H,30,31). The van der Waals surface area contributed by atoms with Crippen LogP contribution in [0.1, 0.15) is 35.1 Å². The Bertz CT molecular complexity index is 1240. The molecule has 3 aliphatic heterocycles. The SMILES string of the molecule is Cc1ccc(CCNCCCC2Oc3cc4c(cc3O2)C2(CO4)C(=O)Nc3ccccc32)cc1. The van der Waals surface area contributed by atoms with E-state index in [-0.39, 0.29) is 18.8 Å². The van der Waals surface area contributed by atoms with E-state index in [0.29, 0.717) is 17.2 Å². The van der Waals surface area contributed by atoms with Crippen molar-refractivity contribution in [3.8, 4) is 17.2 Å². The second-order valence-corrected chi connectivity index (χ2v) is 9.28. The Morgan fingerprint density at radius 1 is 0.971 bits per heavy atom. The van der Waals surface area contributed by atoms with Gasteiger partial charge in [-0.05, 0) is 56.1 Å². The molecule has 0 aliphatic carbocycles. The first kappa shape index (κ1) is 21.1. The topological polar surface area (TPSA) is 68.8 Å². The number of benzene rings is 3. The molecule has 2 N–H and O–H groups in total. The third-order valence-corrected chi connectivity index (χ3v) is 6.99. The largest absolute Gasteiger partial charge is 0.491 e. The summed E-state index contributed by atoms with van der Waals surface area (Å²) in [6, 6.07) is 20.3. The van der Waals surface area contributed by atoms with Crippen molar-refractivity contribution < 1.29 is 19.0 Å². The summed E-state index contributed by atoms with van der Waals surface area (Å²) in [6.45, 7) is 4.25. The molecule has 3 aliphatic rings. The van der Waals surface area contributed by atoms with Crippen LogP contribution in [-0.2, 0) is 16.6 Å². The lowest BCUT2D eigenvalue weighted by Gasteiger charge is -2.20. The Kier molecular flexibility index (Phi) is 5.18. The van der Waals surface area contributed by atoms with Gasteiger partial charge in [-0.15, -0.1) is 0 Å². The van der Waals surface area contributed by atoms with Gasteiger partial charge < -0.3 is 24.8 Å². The molecule has 2 unspecified atom stereocenters. The van der Waals surface area contributed by atoms with Gasteiger partial charge in [-0.25, -0.2) is 0 Å². The van der Waals surface area contributed by atoms with Crippen LogP contribution in [0.5, 0.6) is 17.2 Å². The van der Waals surface area contributed by atoms with E-state index in [0.717, 1.165) is 49.2 Å². The van der Waals surface area contributed by atoms with Gasteiger partial charge in [0.15, 0.2) is 11.5 Å². The van der Waals surface area contributed by atoms with Crippen LogP contribution in [0, 0.1) is 6.92 Å². The van der Waals surface area contributed by atoms with Crippen LogP contribution in [0.25, 0.3) is 0 Å². The zero-order valence-corrected chi connectivity index (χ0v) is 19.2. The zero-order valence-electron chi connectivity index (χ0n) is 19.2. The van der Waals surface area contributed by atoms with Gasteiger partial charge in [0.1, 0.15) is 17.8 Å². The summed E-state index contributed by atoms with van der Waals surface area (Å²) in [5.41, 5.74) is 4.44. The van der Waals surface area contributed by atoms with Crippen LogP contribution in [0.15, 0.2) is 60.7 Å². The summed E-state index contributed by atoms with van der Waals surface area (Å²) in [4.78, 5) is 13.0. The number of hydrogen-bond donors (Lipinski definition) is 2. The zero-order chi connectivity index (χ0) is 23.1. The predicted molar refractivity (Wildman–Crippen MR) is 130 cm³/mol. The van der Waals surface area contributed by atoms with Gasteiger partial charge in [-0.1, -0.05) is 48.0 Å². The Balaban J connectivity index is 1.06. The van der Waals surface area contributed by atoms with Crippen molar-refractivity contribution >= 4 is 11.6 Å². The molecule has 3 heterocycles. The Hall–Kier alpha value is -3.51. The number of carbonyl (C=O) groups is 1. The average Bonchev–Trinajstić information content (AvgIpc) is 3.50. The van der Waals surface area contributed by atoms with Crippen molar-refractivity contribution in [3.63, 3.8) is 0 Å². The van der Waals surface area contributed by atoms with E-state index in [9.17, 15) is 4.79 Å². The van der Waals surface area contributed by atoms with Crippen molar-refractivity contribution in [2.24, 2.45) is 0 Å². The number of aryl methyl sites for hydroxylation is 1. The summed E-state index contributed by atoms with van der Waals surface area (Å²) < 4.78 is 18.1. The summed E-state index contributed by atoms with van der Waals surface area (Å²) >= 11 is 0. The minimum Gasteiger partial charge on any atom is -0.491 e. The quantitative estimate of drug-likeness (QED) is 0.518. The first-order valence-electron chi connectivity index (χ1n) is 12.0. The van der Waals surface area contributed by atoms with Gasteiger partial charge in [-0.2, -0.15) is 0 Å². The van der Waals surface area contributed by atoms with Crippen LogP contribution < -0.4 is 24.8 Å². The second kappa shape index (κ2) is 8.37. The molecular weight excluding hydrogens is 428 g/mol. The molecule has 6 heteroatoms. The molecule has 0 fully saturated rings. The number of hydrogen-bond acceptors (Lipinski definition) is 5. The number of anilines is 1. The molecule has 0 bridgehead atoms. The van der Waals surface area contributed by atoms with Crippen LogP contribution in [0.2, 0.25) is 0 Å². The van der Waals surface area contributed by atoms with Crippen molar-refractivity contribution in [2.45, 2.75) is 37.9 Å². The lowest BCUT2D eigenvalue weighted by Crippen LogP contribution is -2.37. The van der Waals surface area contributed by atoms with E-state index in [4.69, 9.17) is 14.2 Å². The number of fused-ring (bicyclic) bond motifs is 5. The maximum atomic E-state index is 13.0. The van der Waals surface area contributed by atoms with Crippen LogP contribution in [0.4, 0.5) is 5.69 Å². The van der Waals surface area contributed by atoms with E-state index < -0.39 is 5.41 Å². The molecular formula is C28H28N2O4. The van der Waals surface area contributed by atoms with Gasteiger partial charge in [0.25, 0.3) is 0 Å². The highest BCUT2D eigenvalue weighted by molar-refractivity contribution is 6.10. The third kappa shape index (κ3) is 3.49. The highest BCUT2D eigenvalue weighted by Gasteiger charge is 2.54. The molecule has 0 aromatic heterocycles. The molecule has 1 spiro atoms. The first-order valence-corrected chi connectivity index (χ1v) is 12.0. The van der Waals surface area contributed by atoms with Crippen molar-refractivity contribution in [2.75, 3.05) is 25.0 Å². The average molecular weight is 457 g/mol. The van der Waals surface area contributed by atoms with E-state index in [2.05, 4.69) is 41.8 Å². The lowest BCUT2D eigenvalue weighted by molar-refractivity contribution is -0.119. The number of nitrogens with one attached hydrogen (secondary N) is 2. The maximum absolute atomic E-state index is 13.0. The van der Waals surface area contributed by atoms with Crippen LogP contribution in [0.3, 0.4) is 0 Å².